The number of hydrogen-bond donors (Lipinski definition) is 1. The van der Waals surface area contributed by atoms with Crippen molar-refractivity contribution in [2.75, 3.05) is 0 Å². The van der Waals surface area contributed by atoms with E-state index >= 15 is 0 Å². The quantitative estimate of drug-likeness (QED) is 0.803. The maximum absolute atomic E-state index is 13.5. The highest BCUT2D eigenvalue weighted by molar-refractivity contribution is 5.62. The number of nitrogens with zero attached hydrogens (tertiary/aromatic N) is 2. The van der Waals surface area contributed by atoms with Crippen molar-refractivity contribution in [2.45, 2.75) is 13.5 Å². The van der Waals surface area contributed by atoms with Crippen LogP contribution in [-0.4, -0.2) is 14.7 Å². The molecule has 0 radical (unpaired) electrons. The molecule has 0 aliphatic carbocycles. The molecule has 0 bridgehead atoms. The van der Waals surface area contributed by atoms with E-state index in [9.17, 15) is 18.7 Å². The molecule has 0 aliphatic heterocycles. The van der Waals surface area contributed by atoms with E-state index in [-0.39, 0.29) is 23.5 Å². The van der Waals surface area contributed by atoms with Gasteiger partial charge >= 0.3 is 0 Å². The van der Waals surface area contributed by atoms with Gasteiger partial charge in [0.1, 0.15) is 5.82 Å². The number of phenolic OH excluding ortho intramolecular Hbond substituents is 1. The van der Waals surface area contributed by atoms with E-state index in [1.807, 2.05) is 0 Å². The first-order chi connectivity index (χ1) is 11.5. The first kappa shape index (κ1) is 15.9. The van der Waals surface area contributed by atoms with Gasteiger partial charge in [0.2, 0.25) is 0 Å². The molecular formula is C18H14F2N2O2. The van der Waals surface area contributed by atoms with Crippen LogP contribution >= 0.6 is 0 Å². The van der Waals surface area contributed by atoms with Gasteiger partial charge in [-0.15, -0.1) is 0 Å². The predicted molar refractivity (Wildman–Crippen MR) is 85.8 cm³/mol. The van der Waals surface area contributed by atoms with Crippen LogP contribution < -0.4 is 5.56 Å². The number of halogens is 2. The van der Waals surface area contributed by atoms with Crippen molar-refractivity contribution in [1.29, 1.82) is 0 Å². The molecule has 0 amide bonds. The van der Waals surface area contributed by atoms with Crippen LogP contribution in [-0.2, 0) is 6.54 Å². The summed E-state index contributed by atoms with van der Waals surface area (Å²) in [5, 5.41) is 9.25. The Morgan fingerprint density at radius 1 is 1.12 bits per heavy atom. The van der Waals surface area contributed by atoms with Crippen molar-refractivity contribution < 1.29 is 13.9 Å². The van der Waals surface area contributed by atoms with Crippen LogP contribution in [0.5, 0.6) is 5.75 Å². The van der Waals surface area contributed by atoms with Crippen molar-refractivity contribution in [1.82, 2.24) is 9.55 Å². The summed E-state index contributed by atoms with van der Waals surface area (Å²) in [6.45, 7) is 1.87. The summed E-state index contributed by atoms with van der Waals surface area (Å²) in [6, 6.07) is 8.33. The molecular weight excluding hydrogens is 314 g/mol. The standard InChI is InChI=1S/C18H14F2N2O2/c1-11-6-12(2-4-15(11)19)9-22-10-21-8-14(18(22)24)13-3-5-17(23)16(20)7-13/h2-8,10,23H,9H2,1H3. The van der Waals surface area contributed by atoms with Gasteiger partial charge in [-0.25, -0.2) is 13.8 Å². The molecule has 6 heteroatoms. The molecule has 0 fully saturated rings. The summed E-state index contributed by atoms with van der Waals surface area (Å²) in [6.07, 6.45) is 2.72. The predicted octanol–water partition coefficient (Wildman–Crippen LogP) is 3.25. The van der Waals surface area contributed by atoms with E-state index in [4.69, 9.17) is 0 Å². The average molecular weight is 328 g/mol. The Balaban J connectivity index is 2.00. The highest BCUT2D eigenvalue weighted by Gasteiger charge is 2.10. The summed E-state index contributed by atoms with van der Waals surface area (Å²) >= 11 is 0. The third-order valence-corrected chi connectivity index (χ3v) is 3.73. The van der Waals surface area contributed by atoms with Crippen molar-refractivity contribution in [2.24, 2.45) is 0 Å². The maximum Gasteiger partial charge on any atom is 0.261 e. The van der Waals surface area contributed by atoms with Gasteiger partial charge in [-0.2, -0.15) is 0 Å². The molecule has 1 heterocycles. The summed E-state index contributed by atoms with van der Waals surface area (Å²) in [7, 11) is 0. The maximum atomic E-state index is 13.5. The van der Waals surface area contributed by atoms with Gasteiger partial charge in [-0.05, 0) is 41.8 Å². The van der Waals surface area contributed by atoms with E-state index in [0.717, 1.165) is 11.6 Å². The lowest BCUT2D eigenvalue weighted by Gasteiger charge is -2.09. The highest BCUT2D eigenvalue weighted by Crippen LogP contribution is 2.22. The molecule has 0 atom stereocenters. The van der Waals surface area contributed by atoms with E-state index < -0.39 is 11.6 Å². The average Bonchev–Trinajstić information content (AvgIpc) is 2.56. The van der Waals surface area contributed by atoms with E-state index in [1.54, 1.807) is 19.1 Å². The summed E-state index contributed by atoms with van der Waals surface area (Å²) < 4.78 is 28.2. The van der Waals surface area contributed by atoms with Gasteiger partial charge in [0.05, 0.1) is 18.4 Å². The number of benzene rings is 2. The third-order valence-electron chi connectivity index (χ3n) is 3.73. The molecule has 1 N–H and O–H groups in total. The number of aromatic nitrogens is 2. The lowest BCUT2D eigenvalue weighted by molar-refractivity contribution is 0.432. The molecule has 0 unspecified atom stereocenters. The Hall–Kier alpha value is -3.02. The zero-order valence-electron chi connectivity index (χ0n) is 12.8. The Morgan fingerprint density at radius 3 is 2.62 bits per heavy atom. The SMILES string of the molecule is Cc1cc(Cn2cncc(-c3ccc(O)c(F)c3)c2=O)ccc1F. The molecule has 0 aliphatic rings. The Kier molecular flexibility index (Phi) is 4.12. The minimum Gasteiger partial charge on any atom is -0.505 e. The second-order valence-electron chi connectivity index (χ2n) is 5.49. The van der Waals surface area contributed by atoms with Gasteiger partial charge in [-0.1, -0.05) is 18.2 Å². The topological polar surface area (TPSA) is 55.1 Å². The Morgan fingerprint density at radius 2 is 1.92 bits per heavy atom. The van der Waals surface area contributed by atoms with Crippen LogP contribution in [0.4, 0.5) is 8.78 Å². The van der Waals surface area contributed by atoms with Crippen LogP contribution in [0.2, 0.25) is 0 Å². The molecule has 3 aromatic rings. The Bertz CT molecular complexity index is 967. The number of aromatic hydroxyl groups is 1. The largest absolute Gasteiger partial charge is 0.505 e. The molecule has 0 saturated carbocycles. The molecule has 122 valence electrons. The molecule has 0 spiro atoms. The summed E-state index contributed by atoms with van der Waals surface area (Å²) in [4.78, 5) is 16.6. The molecule has 24 heavy (non-hydrogen) atoms. The second kappa shape index (κ2) is 6.23. The summed E-state index contributed by atoms with van der Waals surface area (Å²) in [5.74, 6) is -1.60. The highest BCUT2D eigenvalue weighted by atomic mass is 19.1. The fourth-order valence-corrected chi connectivity index (χ4v) is 2.44. The van der Waals surface area contributed by atoms with Gasteiger partial charge in [0.25, 0.3) is 5.56 Å². The number of rotatable bonds is 3. The van der Waals surface area contributed by atoms with Crippen LogP contribution in [0.15, 0.2) is 53.7 Å². The van der Waals surface area contributed by atoms with E-state index in [1.165, 1.54) is 35.3 Å². The fraction of sp³-hybridized carbons (Fsp3) is 0.111. The lowest BCUT2D eigenvalue weighted by atomic mass is 10.1. The molecule has 1 aromatic heterocycles. The first-order valence-electron chi connectivity index (χ1n) is 7.24. The fourth-order valence-electron chi connectivity index (χ4n) is 2.44. The monoisotopic (exact) mass is 328 g/mol. The van der Waals surface area contributed by atoms with E-state index in [2.05, 4.69) is 4.98 Å². The van der Waals surface area contributed by atoms with Gasteiger partial charge < -0.3 is 5.11 Å². The van der Waals surface area contributed by atoms with Crippen LogP contribution in [0.25, 0.3) is 11.1 Å². The van der Waals surface area contributed by atoms with Crippen LogP contribution in [0.1, 0.15) is 11.1 Å². The van der Waals surface area contributed by atoms with Crippen molar-refractivity contribution >= 4 is 0 Å². The zero-order chi connectivity index (χ0) is 17.3. The van der Waals surface area contributed by atoms with Crippen molar-refractivity contribution in [3.63, 3.8) is 0 Å². The van der Waals surface area contributed by atoms with Crippen molar-refractivity contribution in [3.05, 3.63) is 82.0 Å². The number of phenols is 1. The van der Waals surface area contributed by atoms with Gasteiger partial charge in [0.15, 0.2) is 11.6 Å². The third kappa shape index (κ3) is 3.03. The molecule has 0 saturated heterocycles. The van der Waals surface area contributed by atoms with Gasteiger partial charge in [0, 0.05) is 6.20 Å². The van der Waals surface area contributed by atoms with Gasteiger partial charge in [-0.3, -0.25) is 9.36 Å². The Labute approximate surface area is 136 Å². The molecule has 4 nitrogen and oxygen atoms in total. The normalized spacial score (nSPS) is 10.8. The number of hydrogen-bond acceptors (Lipinski definition) is 3. The first-order valence-corrected chi connectivity index (χ1v) is 7.24. The zero-order valence-corrected chi connectivity index (χ0v) is 12.8. The molecule has 3 rings (SSSR count). The van der Waals surface area contributed by atoms with E-state index in [0.29, 0.717) is 11.1 Å². The minimum absolute atomic E-state index is 0.218. The van der Waals surface area contributed by atoms with Crippen LogP contribution in [0, 0.1) is 18.6 Å². The second-order valence-corrected chi connectivity index (χ2v) is 5.49. The smallest absolute Gasteiger partial charge is 0.261 e. The lowest BCUT2D eigenvalue weighted by Crippen LogP contribution is -2.22. The van der Waals surface area contributed by atoms with Crippen LogP contribution in [0.3, 0.4) is 0 Å². The number of aryl methyl sites for hydroxylation is 1. The minimum atomic E-state index is -0.809. The summed E-state index contributed by atoms with van der Waals surface area (Å²) in [5.41, 5.74) is 1.44. The van der Waals surface area contributed by atoms with Crippen molar-refractivity contribution in [3.8, 4) is 16.9 Å². The molecule has 2 aromatic carbocycles.